The smallest absolute Gasteiger partial charge is 0.335 e. The van der Waals surface area contributed by atoms with Crippen LogP contribution in [0.5, 0.6) is 0 Å². The average Bonchev–Trinajstić information content (AvgIpc) is 2.71. The Morgan fingerprint density at radius 1 is 1.42 bits per heavy atom. The van der Waals surface area contributed by atoms with Crippen molar-refractivity contribution in [1.82, 2.24) is 15.0 Å². The van der Waals surface area contributed by atoms with E-state index in [0.717, 1.165) is 11.0 Å². The van der Waals surface area contributed by atoms with Gasteiger partial charge in [-0.05, 0) is 29.5 Å². The molecule has 1 heterocycles. The van der Waals surface area contributed by atoms with Crippen molar-refractivity contribution in [2.75, 3.05) is 0 Å². The van der Waals surface area contributed by atoms with Crippen LogP contribution in [0.1, 0.15) is 38.1 Å². The molecule has 1 N–H and O–H groups in total. The topological polar surface area (TPSA) is 68.0 Å². The predicted octanol–water partition coefficient (Wildman–Crippen LogP) is 2.81. The van der Waals surface area contributed by atoms with Gasteiger partial charge in [-0.1, -0.05) is 32.9 Å². The summed E-state index contributed by atoms with van der Waals surface area (Å²) in [4.78, 5) is 11.0. The Hall–Kier alpha value is -1.91. The normalized spacial score (nSPS) is 12.3. The molecule has 0 spiro atoms. The van der Waals surface area contributed by atoms with E-state index < -0.39 is 5.97 Å². The van der Waals surface area contributed by atoms with Gasteiger partial charge in [0.15, 0.2) is 0 Å². The van der Waals surface area contributed by atoms with Gasteiger partial charge in [-0.2, -0.15) is 0 Å². The lowest BCUT2D eigenvalue weighted by Gasteiger charge is -2.28. The van der Waals surface area contributed by atoms with Gasteiger partial charge in [-0.3, -0.25) is 0 Å². The minimum Gasteiger partial charge on any atom is -0.478 e. The van der Waals surface area contributed by atoms with Gasteiger partial charge in [-0.15, -0.1) is 5.10 Å². The molecule has 19 heavy (non-hydrogen) atoms. The molecule has 0 amide bonds. The van der Waals surface area contributed by atoms with Crippen LogP contribution in [-0.2, 0) is 6.54 Å². The zero-order valence-electron chi connectivity index (χ0n) is 11.7. The molecular weight excluding hydrogens is 242 g/mol. The number of carbonyl (C=O) groups is 1. The van der Waals surface area contributed by atoms with Gasteiger partial charge in [-0.25, -0.2) is 9.48 Å². The number of hydrogen-bond donors (Lipinski definition) is 1. The summed E-state index contributed by atoms with van der Waals surface area (Å²) in [6.45, 7) is 9.40. The molecule has 0 radical (unpaired) electrons. The van der Waals surface area contributed by atoms with E-state index in [1.54, 1.807) is 22.9 Å². The van der Waals surface area contributed by atoms with E-state index in [1.807, 2.05) is 0 Å². The minimum absolute atomic E-state index is 0.0693. The summed E-state index contributed by atoms with van der Waals surface area (Å²) in [7, 11) is 0. The van der Waals surface area contributed by atoms with Crippen LogP contribution >= 0.6 is 0 Å². The van der Waals surface area contributed by atoms with E-state index in [1.165, 1.54) is 0 Å². The highest BCUT2D eigenvalue weighted by atomic mass is 16.4. The van der Waals surface area contributed by atoms with Crippen LogP contribution in [0.15, 0.2) is 18.2 Å². The van der Waals surface area contributed by atoms with Gasteiger partial charge in [0.05, 0.1) is 11.1 Å². The number of rotatable bonds is 4. The van der Waals surface area contributed by atoms with Crippen molar-refractivity contribution in [2.24, 2.45) is 11.3 Å². The molecule has 2 rings (SSSR count). The lowest BCUT2D eigenvalue weighted by Crippen LogP contribution is -2.26. The van der Waals surface area contributed by atoms with E-state index in [-0.39, 0.29) is 11.0 Å². The maximum Gasteiger partial charge on any atom is 0.335 e. The van der Waals surface area contributed by atoms with Crippen molar-refractivity contribution >= 4 is 17.0 Å². The number of carboxylic acid groups (broad SMARTS) is 1. The second-order valence-electron chi connectivity index (χ2n) is 5.90. The Labute approximate surface area is 112 Å². The Morgan fingerprint density at radius 2 is 2.11 bits per heavy atom. The van der Waals surface area contributed by atoms with Crippen LogP contribution in [0.25, 0.3) is 11.0 Å². The first-order valence-corrected chi connectivity index (χ1v) is 6.38. The number of benzene rings is 1. The third-order valence-electron chi connectivity index (χ3n) is 3.88. The van der Waals surface area contributed by atoms with Crippen LogP contribution < -0.4 is 0 Å². The largest absolute Gasteiger partial charge is 0.478 e. The molecule has 0 saturated heterocycles. The van der Waals surface area contributed by atoms with Gasteiger partial charge >= 0.3 is 5.97 Å². The molecule has 0 saturated carbocycles. The number of nitrogens with zero attached hydrogens (tertiary/aromatic N) is 3. The Balaban J connectivity index is 2.44. The Morgan fingerprint density at radius 3 is 2.68 bits per heavy atom. The fourth-order valence-electron chi connectivity index (χ4n) is 1.78. The fourth-order valence-corrected chi connectivity index (χ4v) is 1.78. The lowest BCUT2D eigenvalue weighted by atomic mass is 9.81. The van der Waals surface area contributed by atoms with Gasteiger partial charge < -0.3 is 5.11 Å². The second kappa shape index (κ2) is 4.64. The van der Waals surface area contributed by atoms with E-state index in [4.69, 9.17) is 5.11 Å². The molecule has 0 aliphatic heterocycles. The first-order valence-electron chi connectivity index (χ1n) is 6.38. The summed E-state index contributed by atoms with van der Waals surface area (Å²) in [5.74, 6) is -0.438. The van der Waals surface area contributed by atoms with Crippen molar-refractivity contribution in [3.63, 3.8) is 0 Å². The Bertz CT molecular complexity index is 614. The van der Waals surface area contributed by atoms with Gasteiger partial charge in [0.25, 0.3) is 0 Å². The van der Waals surface area contributed by atoms with Crippen LogP contribution in [0.4, 0.5) is 0 Å². The number of carboxylic acids is 1. The number of aromatic carboxylic acids is 1. The average molecular weight is 261 g/mol. The van der Waals surface area contributed by atoms with Gasteiger partial charge in [0.1, 0.15) is 5.52 Å². The number of fused-ring (bicyclic) bond motifs is 1. The van der Waals surface area contributed by atoms with E-state index in [9.17, 15) is 4.79 Å². The summed E-state index contributed by atoms with van der Waals surface area (Å²) in [5.41, 5.74) is 1.83. The van der Waals surface area contributed by atoms with Crippen molar-refractivity contribution in [3.8, 4) is 0 Å². The highest BCUT2D eigenvalue weighted by Crippen LogP contribution is 2.29. The molecule has 1 aromatic heterocycles. The summed E-state index contributed by atoms with van der Waals surface area (Å²) in [6.07, 6.45) is 0. The summed E-state index contributed by atoms with van der Waals surface area (Å²) >= 11 is 0. The summed E-state index contributed by atoms with van der Waals surface area (Å²) in [6, 6.07) is 4.88. The number of hydrogen-bond acceptors (Lipinski definition) is 3. The fraction of sp³-hybridized carbons (Fsp3) is 0.500. The molecule has 1 aromatic carbocycles. The molecule has 5 heteroatoms. The van der Waals surface area contributed by atoms with E-state index >= 15 is 0 Å². The molecule has 0 aliphatic rings. The third kappa shape index (κ3) is 2.59. The Kier molecular flexibility index (Phi) is 3.30. The highest BCUT2D eigenvalue weighted by Gasteiger charge is 2.24. The van der Waals surface area contributed by atoms with Crippen molar-refractivity contribution < 1.29 is 9.90 Å². The molecule has 102 valence electrons. The standard InChI is InChI=1S/C14H19N3O2/c1-9(2)14(3,4)8-17-12-7-10(13(18)19)5-6-11(12)15-16-17/h5-7,9H,8H2,1-4H3,(H,18,19). The van der Waals surface area contributed by atoms with Crippen LogP contribution in [0.2, 0.25) is 0 Å². The first-order chi connectivity index (χ1) is 8.81. The van der Waals surface area contributed by atoms with Crippen LogP contribution in [0.3, 0.4) is 0 Å². The second-order valence-corrected chi connectivity index (χ2v) is 5.90. The van der Waals surface area contributed by atoms with Crippen molar-refractivity contribution in [3.05, 3.63) is 23.8 Å². The van der Waals surface area contributed by atoms with Gasteiger partial charge in [0.2, 0.25) is 0 Å². The quantitative estimate of drug-likeness (QED) is 0.918. The molecule has 0 unspecified atom stereocenters. The summed E-state index contributed by atoms with van der Waals surface area (Å²) < 4.78 is 1.79. The van der Waals surface area contributed by atoms with E-state index in [2.05, 4.69) is 38.0 Å². The molecule has 0 fully saturated rings. The molecule has 0 bridgehead atoms. The van der Waals surface area contributed by atoms with Crippen molar-refractivity contribution in [2.45, 2.75) is 34.2 Å². The zero-order chi connectivity index (χ0) is 14.2. The van der Waals surface area contributed by atoms with Crippen LogP contribution in [-0.4, -0.2) is 26.1 Å². The van der Waals surface area contributed by atoms with Gasteiger partial charge in [0, 0.05) is 6.54 Å². The molecule has 5 nitrogen and oxygen atoms in total. The highest BCUT2D eigenvalue weighted by molar-refractivity contribution is 5.92. The molecule has 0 aliphatic carbocycles. The van der Waals surface area contributed by atoms with Crippen molar-refractivity contribution in [1.29, 1.82) is 0 Å². The maximum absolute atomic E-state index is 11.0. The lowest BCUT2D eigenvalue weighted by molar-refractivity contribution is 0.0697. The third-order valence-corrected chi connectivity index (χ3v) is 3.88. The molecule has 2 aromatic rings. The maximum atomic E-state index is 11.0. The molecule has 0 atom stereocenters. The first kappa shape index (κ1) is 13.5. The van der Waals surface area contributed by atoms with Crippen LogP contribution in [0, 0.1) is 11.3 Å². The summed E-state index contributed by atoms with van der Waals surface area (Å²) in [5, 5.41) is 17.3. The monoisotopic (exact) mass is 261 g/mol. The minimum atomic E-state index is -0.933. The predicted molar refractivity (Wildman–Crippen MR) is 73.1 cm³/mol. The molecular formula is C14H19N3O2. The number of aromatic nitrogens is 3. The SMILES string of the molecule is CC(C)C(C)(C)Cn1nnc2ccc(C(=O)O)cc21. The van der Waals surface area contributed by atoms with E-state index in [0.29, 0.717) is 12.5 Å². The zero-order valence-corrected chi connectivity index (χ0v) is 11.7.